The molecular formula is C13H14FN3S. The second-order valence-electron chi connectivity index (χ2n) is 4.56. The van der Waals surface area contributed by atoms with Gasteiger partial charge in [-0.15, -0.1) is 10.2 Å². The number of thioether (sulfide) groups is 1. The highest BCUT2D eigenvalue weighted by Gasteiger charge is 2.27. The Bertz CT molecular complexity index is 533. The molecule has 0 aliphatic heterocycles. The van der Waals surface area contributed by atoms with Crippen LogP contribution in [0.4, 0.5) is 4.39 Å². The lowest BCUT2D eigenvalue weighted by Gasteiger charge is -2.11. The van der Waals surface area contributed by atoms with E-state index < -0.39 is 0 Å². The van der Waals surface area contributed by atoms with Crippen LogP contribution in [0.1, 0.15) is 36.6 Å². The molecule has 0 saturated heterocycles. The zero-order chi connectivity index (χ0) is 12.5. The fourth-order valence-corrected chi connectivity index (χ4v) is 2.90. The summed E-state index contributed by atoms with van der Waals surface area (Å²) in [4.78, 5) is 0. The Labute approximate surface area is 109 Å². The lowest BCUT2D eigenvalue weighted by atomic mass is 10.2. The van der Waals surface area contributed by atoms with E-state index in [4.69, 9.17) is 0 Å². The highest BCUT2D eigenvalue weighted by atomic mass is 32.2. The minimum Gasteiger partial charge on any atom is -0.306 e. The van der Waals surface area contributed by atoms with E-state index in [0.29, 0.717) is 6.04 Å². The van der Waals surface area contributed by atoms with Gasteiger partial charge in [0, 0.05) is 11.3 Å². The molecule has 1 aliphatic carbocycles. The molecule has 1 saturated carbocycles. The highest BCUT2D eigenvalue weighted by Crippen LogP contribution is 2.40. The number of halogens is 1. The number of nitrogens with zero attached hydrogens (tertiary/aromatic N) is 3. The molecule has 1 atom stereocenters. The van der Waals surface area contributed by atoms with Gasteiger partial charge in [-0.25, -0.2) is 4.39 Å². The molecule has 1 aliphatic rings. The summed E-state index contributed by atoms with van der Waals surface area (Å²) in [6.45, 7) is 2.10. The van der Waals surface area contributed by atoms with E-state index in [-0.39, 0.29) is 11.1 Å². The van der Waals surface area contributed by atoms with Gasteiger partial charge in [0.05, 0.1) is 0 Å². The molecule has 3 rings (SSSR count). The molecule has 1 aromatic carbocycles. The first-order valence-electron chi connectivity index (χ1n) is 6.05. The van der Waals surface area contributed by atoms with Crippen molar-refractivity contribution in [1.29, 1.82) is 0 Å². The Kier molecular flexibility index (Phi) is 3.07. The Hall–Kier alpha value is -1.36. The van der Waals surface area contributed by atoms with Crippen molar-refractivity contribution in [2.24, 2.45) is 0 Å². The zero-order valence-corrected chi connectivity index (χ0v) is 10.9. The summed E-state index contributed by atoms with van der Waals surface area (Å²) in [5.74, 6) is -0.197. The van der Waals surface area contributed by atoms with Crippen molar-refractivity contribution in [2.75, 3.05) is 0 Å². The first-order chi connectivity index (χ1) is 8.74. The van der Waals surface area contributed by atoms with Crippen LogP contribution < -0.4 is 0 Å². The Morgan fingerprint density at radius 3 is 2.72 bits per heavy atom. The quantitative estimate of drug-likeness (QED) is 0.790. The van der Waals surface area contributed by atoms with E-state index in [1.165, 1.54) is 25.0 Å². The molecule has 0 unspecified atom stereocenters. The van der Waals surface area contributed by atoms with Gasteiger partial charge in [0.1, 0.15) is 12.1 Å². The summed E-state index contributed by atoms with van der Waals surface area (Å²) in [5.41, 5.74) is 1.10. The molecule has 94 valence electrons. The summed E-state index contributed by atoms with van der Waals surface area (Å²) in [7, 11) is 0. The Balaban J connectivity index is 1.75. The third kappa shape index (κ3) is 2.41. The standard InChI is InChI=1S/C13H14FN3S/c1-9(10-2-4-11(14)5-3-10)18-13-16-15-8-17(13)12-6-7-12/h2-5,8-9,12H,6-7H2,1H3/t9-/m1/s1. The Morgan fingerprint density at radius 2 is 2.06 bits per heavy atom. The largest absolute Gasteiger partial charge is 0.306 e. The van der Waals surface area contributed by atoms with E-state index in [1.54, 1.807) is 18.1 Å². The smallest absolute Gasteiger partial charge is 0.191 e. The highest BCUT2D eigenvalue weighted by molar-refractivity contribution is 7.99. The van der Waals surface area contributed by atoms with E-state index in [1.807, 2.05) is 12.1 Å². The maximum atomic E-state index is 12.9. The van der Waals surface area contributed by atoms with Crippen LogP contribution in [-0.2, 0) is 0 Å². The second kappa shape index (κ2) is 4.72. The van der Waals surface area contributed by atoms with Crippen LogP contribution in [0.15, 0.2) is 35.7 Å². The van der Waals surface area contributed by atoms with Gasteiger partial charge in [0.25, 0.3) is 0 Å². The molecule has 5 heteroatoms. The number of hydrogen-bond acceptors (Lipinski definition) is 3. The van der Waals surface area contributed by atoms with Gasteiger partial charge in [0.15, 0.2) is 5.16 Å². The summed E-state index contributed by atoms with van der Waals surface area (Å²) in [6.07, 6.45) is 4.24. The molecule has 1 fully saturated rings. The predicted octanol–water partition coefficient (Wildman–Crippen LogP) is 3.61. The monoisotopic (exact) mass is 263 g/mol. The SMILES string of the molecule is C[C@@H](Sc1nncn1C1CC1)c1ccc(F)cc1. The van der Waals surface area contributed by atoms with Crippen molar-refractivity contribution >= 4 is 11.8 Å². The molecule has 0 radical (unpaired) electrons. The van der Waals surface area contributed by atoms with E-state index >= 15 is 0 Å². The minimum atomic E-state index is -0.197. The molecule has 18 heavy (non-hydrogen) atoms. The second-order valence-corrected chi connectivity index (χ2v) is 5.87. The predicted molar refractivity (Wildman–Crippen MR) is 69.0 cm³/mol. The van der Waals surface area contributed by atoms with E-state index in [9.17, 15) is 4.39 Å². The first kappa shape index (κ1) is 11.7. The number of hydrogen-bond donors (Lipinski definition) is 0. The molecule has 0 amide bonds. The first-order valence-corrected chi connectivity index (χ1v) is 6.93. The van der Waals surface area contributed by atoms with Crippen molar-refractivity contribution in [3.63, 3.8) is 0 Å². The van der Waals surface area contributed by atoms with Crippen LogP contribution in [0.2, 0.25) is 0 Å². The maximum Gasteiger partial charge on any atom is 0.191 e. The van der Waals surface area contributed by atoms with Crippen molar-refractivity contribution < 1.29 is 4.39 Å². The average molecular weight is 263 g/mol. The topological polar surface area (TPSA) is 30.7 Å². The Morgan fingerprint density at radius 1 is 1.33 bits per heavy atom. The van der Waals surface area contributed by atoms with Crippen LogP contribution in [0, 0.1) is 5.82 Å². The van der Waals surface area contributed by atoms with Crippen LogP contribution in [0.25, 0.3) is 0 Å². The number of aromatic nitrogens is 3. The van der Waals surface area contributed by atoms with Gasteiger partial charge in [-0.1, -0.05) is 23.9 Å². The summed E-state index contributed by atoms with van der Waals surface area (Å²) >= 11 is 1.67. The number of benzene rings is 1. The summed E-state index contributed by atoms with van der Waals surface area (Å²) in [6, 6.07) is 7.23. The van der Waals surface area contributed by atoms with E-state index in [0.717, 1.165) is 10.7 Å². The third-order valence-corrected chi connectivity index (χ3v) is 4.23. The van der Waals surface area contributed by atoms with Gasteiger partial charge in [-0.2, -0.15) is 0 Å². The fourth-order valence-electron chi connectivity index (χ4n) is 1.88. The van der Waals surface area contributed by atoms with Crippen molar-refractivity contribution in [3.8, 4) is 0 Å². The molecule has 1 aromatic heterocycles. The van der Waals surface area contributed by atoms with Gasteiger partial charge in [-0.05, 0) is 37.5 Å². The fraction of sp³-hybridized carbons (Fsp3) is 0.385. The van der Waals surface area contributed by atoms with Gasteiger partial charge in [0.2, 0.25) is 0 Å². The lowest BCUT2D eigenvalue weighted by Crippen LogP contribution is -1.97. The van der Waals surface area contributed by atoms with Crippen molar-refractivity contribution in [3.05, 3.63) is 42.0 Å². The molecule has 2 aromatic rings. The van der Waals surface area contributed by atoms with Gasteiger partial charge in [-0.3, -0.25) is 0 Å². The normalized spacial score (nSPS) is 16.8. The lowest BCUT2D eigenvalue weighted by molar-refractivity contribution is 0.627. The molecule has 0 N–H and O–H groups in total. The average Bonchev–Trinajstić information content (AvgIpc) is 3.11. The van der Waals surface area contributed by atoms with Crippen molar-refractivity contribution in [1.82, 2.24) is 14.8 Å². The zero-order valence-electron chi connectivity index (χ0n) is 10.1. The van der Waals surface area contributed by atoms with Crippen LogP contribution in [-0.4, -0.2) is 14.8 Å². The molecule has 0 bridgehead atoms. The van der Waals surface area contributed by atoms with Gasteiger partial charge >= 0.3 is 0 Å². The van der Waals surface area contributed by atoms with Crippen LogP contribution >= 0.6 is 11.8 Å². The van der Waals surface area contributed by atoms with Crippen molar-refractivity contribution in [2.45, 2.75) is 36.2 Å². The molecular weight excluding hydrogens is 249 g/mol. The molecule has 0 spiro atoms. The maximum absolute atomic E-state index is 12.9. The third-order valence-electron chi connectivity index (χ3n) is 3.10. The van der Waals surface area contributed by atoms with Gasteiger partial charge < -0.3 is 4.57 Å². The number of rotatable bonds is 4. The molecule has 1 heterocycles. The summed E-state index contributed by atoms with van der Waals surface area (Å²) in [5, 5.41) is 9.33. The molecule has 3 nitrogen and oxygen atoms in total. The minimum absolute atomic E-state index is 0.197. The van der Waals surface area contributed by atoms with Crippen LogP contribution in [0.5, 0.6) is 0 Å². The van der Waals surface area contributed by atoms with Crippen LogP contribution in [0.3, 0.4) is 0 Å². The summed E-state index contributed by atoms with van der Waals surface area (Å²) < 4.78 is 15.0. The van der Waals surface area contributed by atoms with E-state index in [2.05, 4.69) is 21.7 Å².